The molecule has 1 unspecified atom stereocenters. The number of sulfonamides is 1. The quantitative estimate of drug-likeness (QED) is 0.636. The Morgan fingerprint density at radius 3 is 2.79 bits per heavy atom. The van der Waals surface area contributed by atoms with Crippen molar-refractivity contribution >= 4 is 27.5 Å². The number of fused-ring (bicyclic) bond motifs is 1. The molecule has 7 heteroatoms. The smallest absolute Gasteiger partial charge is 0.238 e. The molecule has 0 bridgehead atoms. The summed E-state index contributed by atoms with van der Waals surface area (Å²) in [7, 11) is -3.62. The van der Waals surface area contributed by atoms with Gasteiger partial charge in [-0.1, -0.05) is 11.8 Å². The van der Waals surface area contributed by atoms with Crippen LogP contribution in [0.2, 0.25) is 0 Å². The molecular formula is C7H9N3O2S2. The molecule has 0 saturated heterocycles. The third-order valence-electron chi connectivity index (χ3n) is 1.83. The van der Waals surface area contributed by atoms with E-state index in [-0.39, 0.29) is 10.4 Å². The van der Waals surface area contributed by atoms with Crippen molar-refractivity contribution in [2.24, 2.45) is 10.9 Å². The first-order chi connectivity index (χ1) is 6.47. The van der Waals surface area contributed by atoms with Crippen LogP contribution in [-0.2, 0) is 10.0 Å². The monoisotopic (exact) mass is 231 g/mol. The van der Waals surface area contributed by atoms with Gasteiger partial charge >= 0.3 is 0 Å². The Labute approximate surface area is 85.9 Å². The first-order valence-electron chi connectivity index (χ1n) is 3.82. The summed E-state index contributed by atoms with van der Waals surface area (Å²) in [5.74, 6) is 0. The summed E-state index contributed by atoms with van der Waals surface area (Å²) in [6.45, 7) is 0. The molecule has 0 spiro atoms. The van der Waals surface area contributed by atoms with Crippen molar-refractivity contribution in [3.8, 4) is 0 Å². The Bertz CT molecular complexity index is 472. The Morgan fingerprint density at radius 2 is 2.14 bits per heavy atom. The first kappa shape index (κ1) is 9.78. The highest BCUT2D eigenvalue weighted by Gasteiger charge is 2.20. The van der Waals surface area contributed by atoms with Crippen molar-refractivity contribution in [1.29, 1.82) is 0 Å². The van der Waals surface area contributed by atoms with Crippen LogP contribution in [0.4, 0.5) is 5.69 Å². The van der Waals surface area contributed by atoms with Gasteiger partial charge in [0.05, 0.1) is 4.90 Å². The fourth-order valence-corrected chi connectivity index (χ4v) is 2.74. The van der Waals surface area contributed by atoms with Gasteiger partial charge in [0.15, 0.2) is 0 Å². The summed E-state index contributed by atoms with van der Waals surface area (Å²) < 4.78 is 22.1. The average Bonchev–Trinajstić information content (AvgIpc) is 2.41. The minimum Gasteiger partial charge on any atom is -0.360 e. The van der Waals surface area contributed by atoms with Crippen LogP contribution in [0.1, 0.15) is 0 Å². The van der Waals surface area contributed by atoms with Crippen LogP contribution in [0, 0.1) is 0 Å². The number of primary sulfonamides is 1. The van der Waals surface area contributed by atoms with E-state index in [9.17, 15) is 8.42 Å². The van der Waals surface area contributed by atoms with E-state index in [1.54, 1.807) is 6.07 Å². The van der Waals surface area contributed by atoms with Gasteiger partial charge in [0.2, 0.25) is 10.0 Å². The second-order valence-corrected chi connectivity index (χ2v) is 5.63. The summed E-state index contributed by atoms with van der Waals surface area (Å²) in [6.07, 6.45) is 0. The molecule has 1 aromatic rings. The second-order valence-electron chi connectivity index (χ2n) is 2.89. The van der Waals surface area contributed by atoms with Gasteiger partial charge in [-0.05, 0) is 18.2 Å². The van der Waals surface area contributed by atoms with Gasteiger partial charge in [-0.25, -0.2) is 13.6 Å². The van der Waals surface area contributed by atoms with Gasteiger partial charge in [-0.3, -0.25) is 0 Å². The highest BCUT2D eigenvalue weighted by Crippen LogP contribution is 2.37. The van der Waals surface area contributed by atoms with Crippen LogP contribution in [-0.4, -0.2) is 13.9 Å². The Kier molecular flexibility index (Phi) is 2.18. The minimum atomic E-state index is -3.62. The van der Waals surface area contributed by atoms with Gasteiger partial charge in [-0.15, -0.1) is 0 Å². The molecular weight excluding hydrogens is 222 g/mol. The molecule has 0 fully saturated rings. The fourth-order valence-electron chi connectivity index (χ4n) is 1.22. The summed E-state index contributed by atoms with van der Waals surface area (Å²) >= 11 is 1.37. The molecule has 1 aliphatic heterocycles. The molecule has 1 atom stereocenters. The molecule has 1 aliphatic rings. The van der Waals surface area contributed by atoms with Crippen LogP contribution < -0.4 is 16.2 Å². The zero-order valence-electron chi connectivity index (χ0n) is 7.10. The van der Waals surface area contributed by atoms with Crippen molar-refractivity contribution in [1.82, 2.24) is 0 Å². The maximum atomic E-state index is 11.0. The number of hydrogen-bond donors (Lipinski definition) is 3. The number of nitrogens with two attached hydrogens (primary N) is 2. The molecule has 5 nitrogen and oxygen atoms in total. The standard InChI is InChI=1S/C7H9N3O2S2/c8-7-10-5-2-1-4(14(9,11)12)3-6(5)13-7/h1-3,7,10H,8H2,(H2,9,11,12). The lowest BCUT2D eigenvalue weighted by molar-refractivity contribution is 0.597. The molecule has 1 aromatic carbocycles. The predicted molar refractivity (Wildman–Crippen MR) is 55.3 cm³/mol. The largest absolute Gasteiger partial charge is 0.360 e. The van der Waals surface area contributed by atoms with E-state index in [4.69, 9.17) is 10.9 Å². The number of nitrogens with one attached hydrogen (secondary N) is 1. The molecule has 76 valence electrons. The third-order valence-corrected chi connectivity index (χ3v) is 3.71. The molecule has 0 aliphatic carbocycles. The normalized spacial score (nSPS) is 20.3. The van der Waals surface area contributed by atoms with Crippen LogP contribution in [0.15, 0.2) is 28.0 Å². The number of anilines is 1. The van der Waals surface area contributed by atoms with E-state index >= 15 is 0 Å². The number of hydrogen-bond acceptors (Lipinski definition) is 5. The number of thioether (sulfide) groups is 1. The maximum absolute atomic E-state index is 11.0. The van der Waals surface area contributed by atoms with Crippen molar-refractivity contribution in [3.63, 3.8) is 0 Å². The van der Waals surface area contributed by atoms with Crippen molar-refractivity contribution < 1.29 is 8.42 Å². The first-order valence-corrected chi connectivity index (χ1v) is 6.25. The minimum absolute atomic E-state index is 0.111. The van der Waals surface area contributed by atoms with E-state index in [2.05, 4.69) is 5.32 Å². The van der Waals surface area contributed by atoms with Crippen LogP contribution in [0.25, 0.3) is 0 Å². The van der Waals surface area contributed by atoms with Gasteiger partial charge < -0.3 is 11.1 Å². The Hall–Kier alpha value is -0.760. The Balaban J connectivity index is 2.48. The summed E-state index contributed by atoms with van der Waals surface area (Å²) in [5.41, 5.74) is 6.24. The van der Waals surface area contributed by atoms with E-state index in [0.29, 0.717) is 0 Å². The zero-order chi connectivity index (χ0) is 10.3. The fraction of sp³-hybridized carbons (Fsp3) is 0.143. The SMILES string of the molecule is NC1Nc2ccc(S(N)(=O)=O)cc2S1. The molecule has 5 N–H and O–H groups in total. The maximum Gasteiger partial charge on any atom is 0.238 e. The predicted octanol–water partition coefficient (Wildman–Crippen LogP) is 0.0939. The van der Waals surface area contributed by atoms with Crippen molar-refractivity contribution in [3.05, 3.63) is 18.2 Å². The second kappa shape index (κ2) is 3.13. The molecule has 14 heavy (non-hydrogen) atoms. The van der Waals surface area contributed by atoms with Gasteiger partial charge in [0.25, 0.3) is 0 Å². The average molecular weight is 231 g/mol. The molecule has 0 amide bonds. The molecule has 0 radical (unpaired) electrons. The lowest BCUT2D eigenvalue weighted by Gasteiger charge is -2.01. The lowest BCUT2D eigenvalue weighted by atomic mass is 10.3. The van der Waals surface area contributed by atoms with Gasteiger partial charge in [-0.2, -0.15) is 0 Å². The van der Waals surface area contributed by atoms with E-state index < -0.39 is 10.0 Å². The topological polar surface area (TPSA) is 98.2 Å². The summed E-state index contributed by atoms with van der Waals surface area (Å²) in [5, 5.41) is 7.98. The molecule has 0 aromatic heterocycles. The third kappa shape index (κ3) is 1.71. The Morgan fingerprint density at radius 1 is 1.43 bits per heavy atom. The highest BCUT2D eigenvalue weighted by molar-refractivity contribution is 8.00. The van der Waals surface area contributed by atoms with E-state index in [0.717, 1.165) is 10.6 Å². The molecule has 1 heterocycles. The van der Waals surface area contributed by atoms with Gasteiger partial charge in [0, 0.05) is 10.6 Å². The summed E-state index contributed by atoms with van der Waals surface area (Å²) in [4.78, 5) is 0.920. The van der Waals surface area contributed by atoms with Crippen LogP contribution >= 0.6 is 11.8 Å². The zero-order valence-corrected chi connectivity index (χ0v) is 8.73. The van der Waals surface area contributed by atoms with Crippen molar-refractivity contribution in [2.75, 3.05) is 5.32 Å². The van der Waals surface area contributed by atoms with Crippen LogP contribution in [0.3, 0.4) is 0 Å². The van der Waals surface area contributed by atoms with Gasteiger partial charge in [0.1, 0.15) is 5.50 Å². The number of rotatable bonds is 1. The van der Waals surface area contributed by atoms with E-state index in [1.807, 2.05) is 0 Å². The van der Waals surface area contributed by atoms with Crippen LogP contribution in [0.5, 0.6) is 0 Å². The summed E-state index contributed by atoms with van der Waals surface area (Å²) in [6, 6.07) is 4.64. The van der Waals surface area contributed by atoms with E-state index in [1.165, 1.54) is 23.9 Å². The van der Waals surface area contributed by atoms with Crippen molar-refractivity contribution in [2.45, 2.75) is 15.3 Å². The highest BCUT2D eigenvalue weighted by atomic mass is 32.2. The molecule has 0 saturated carbocycles. The lowest BCUT2D eigenvalue weighted by Crippen LogP contribution is -2.20. The number of benzene rings is 1. The molecule has 2 rings (SSSR count).